The van der Waals surface area contributed by atoms with Gasteiger partial charge in [0.2, 0.25) is 0 Å². The molecular weight excluding hydrogens is 524 g/mol. The molecule has 0 saturated heterocycles. The van der Waals surface area contributed by atoms with E-state index in [-0.39, 0.29) is 33.5 Å². The minimum atomic E-state index is -0.0407. The summed E-state index contributed by atoms with van der Waals surface area (Å²) in [4.78, 5) is 0. The van der Waals surface area contributed by atoms with Crippen molar-refractivity contribution >= 4 is 0 Å². The van der Waals surface area contributed by atoms with Gasteiger partial charge < -0.3 is 9.47 Å². The van der Waals surface area contributed by atoms with Gasteiger partial charge in [-0.3, -0.25) is 0 Å². The van der Waals surface area contributed by atoms with Gasteiger partial charge in [0, 0.05) is 34.1 Å². The monoisotopic (exact) mass is 583 g/mol. The van der Waals surface area contributed by atoms with Crippen molar-refractivity contribution in [2.24, 2.45) is 0 Å². The van der Waals surface area contributed by atoms with E-state index in [1.807, 2.05) is 0 Å². The van der Waals surface area contributed by atoms with E-state index in [0.717, 1.165) is 11.5 Å². The van der Waals surface area contributed by atoms with Gasteiger partial charge >= 0.3 is 0 Å². The first-order valence-electron chi connectivity index (χ1n) is 16.0. The Kier molecular flexibility index (Phi) is 9.68. The molecule has 2 heteroatoms. The van der Waals surface area contributed by atoms with Crippen molar-refractivity contribution in [2.45, 2.75) is 137 Å². The van der Waals surface area contributed by atoms with Gasteiger partial charge in [-0.1, -0.05) is 139 Å². The summed E-state index contributed by atoms with van der Waals surface area (Å²) in [5, 5.41) is 0. The van der Waals surface area contributed by atoms with Gasteiger partial charge in [-0.05, 0) is 56.9 Å². The molecule has 0 aliphatic carbocycles. The Labute approximate surface area is 264 Å². The number of hydrogen-bond donors (Lipinski definition) is 0. The Morgan fingerprint density at radius 1 is 0.488 bits per heavy atom. The van der Waals surface area contributed by atoms with E-state index < -0.39 is 0 Å². The molecule has 0 fully saturated rings. The highest BCUT2D eigenvalue weighted by molar-refractivity contribution is 5.55. The van der Waals surface area contributed by atoms with Gasteiger partial charge in [-0.15, -0.1) is 0 Å². The number of ether oxygens (including phenoxy) is 2. The maximum absolute atomic E-state index is 6.06. The Morgan fingerprint density at radius 3 is 0.953 bits per heavy atom. The molecule has 0 unspecified atom stereocenters. The third kappa shape index (κ3) is 7.50. The van der Waals surface area contributed by atoms with Crippen molar-refractivity contribution in [1.29, 1.82) is 0 Å². The first kappa shape index (κ1) is 34.7. The van der Waals surface area contributed by atoms with Crippen LogP contribution in [0.3, 0.4) is 0 Å². The van der Waals surface area contributed by atoms with Crippen molar-refractivity contribution in [2.75, 3.05) is 14.2 Å². The third-order valence-corrected chi connectivity index (χ3v) is 8.85. The summed E-state index contributed by atoms with van der Waals surface area (Å²) < 4.78 is 12.1. The molecule has 0 aliphatic heterocycles. The van der Waals surface area contributed by atoms with E-state index in [1.54, 1.807) is 14.2 Å². The van der Waals surface area contributed by atoms with Crippen LogP contribution in [0, 0.1) is 13.0 Å². The van der Waals surface area contributed by atoms with Crippen molar-refractivity contribution in [3.05, 3.63) is 92.5 Å². The van der Waals surface area contributed by atoms with E-state index in [4.69, 9.17) is 9.47 Å². The number of hydrogen-bond acceptors (Lipinski definition) is 2. The summed E-state index contributed by atoms with van der Waals surface area (Å²) in [6.07, 6.45) is 0. The average Bonchev–Trinajstić information content (AvgIpc) is 2.88. The SMILES string of the molecule is COc1c(C(C)(C)C)cc([C@H](C)c2[c]c([C@@H](C)c3cc(C(C)(C)C)c(OC)c(C(C)(C)C)c3)cc(C)c2)cc1C(C)(C)C. The van der Waals surface area contributed by atoms with Gasteiger partial charge in [0.1, 0.15) is 11.5 Å². The van der Waals surface area contributed by atoms with Crippen LogP contribution in [-0.2, 0) is 21.7 Å². The quantitative estimate of drug-likeness (QED) is 0.287. The number of aryl methyl sites for hydroxylation is 1. The second kappa shape index (κ2) is 12.0. The predicted molar refractivity (Wildman–Crippen MR) is 186 cm³/mol. The molecule has 3 rings (SSSR count). The van der Waals surface area contributed by atoms with Crippen LogP contribution < -0.4 is 9.47 Å². The van der Waals surface area contributed by atoms with Crippen LogP contribution in [-0.4, -0.2) is 14.2 Å². The topological polar surface area (TPSA) is 18.5 Å². The molecule has 0 amide bonds. The Bertz CT molecular complexity index is 1270. The van der Waals surface area contributed by atoms with Crippen LogP contribution in [0.5, 0.6) is 11.5 Å². The van der Waals surface area contributed by atoms with Gasteiger partial charge in [0.25, 0.3) is 0 Å². The fraction of sp³-hybridized carbons (Fsp3) is 0.561. The number of methoxy groups -OCH3 is 2. The summed E-state index contributed by atoms with van der Waals surface area (Å²) in [6, 6.07) is 18.0. The molecular formula is C41H59O2. The summed E-state index contributed by atoms with van der Waals surface area (Å²) in [7, 11) is 3.61. The van der Waals surface area contributed by atoms with Crippen molar-refractivity contribution in [3.63, 3.8) is 0 Å². The van der Waals surface area contributed by atoms with Crippen molar-refractivity contribution in [1.82, 2.24) is 0 Å². The lowest BCUT2D eigenvalue weighted by Gasteiger charge is -2.31. The number of rotatable bonds is 6. The van der Waals surface area contributed by atoms with Gasteiger partial charge in [-0.2, -0.15) is 0 Å². The highest BCUT2D eigenvalue weighted by Crippen LogP contribution is 2.45. The Morgan fingerprint density at radius 2 is 0.744 bits per heavy atom. The lowest BCUT2D eigenvalue weighted by molar-refractivity contribution is 0.381. The summed E-state index contributed by atoms with van der Waals surface area (Å²) in [5.74, 6) is 2.40. The highest BCUT2D eigenvalue weighted by atomic mass is 16.5. The first-order valence-corrected chi connectivity index (χ1v) is 16.0. The average molecular weight is 584 g/mol. The zero-order valence-corrected chi connectivity index (χ0v) is 30.4. The van der Waals surface area contributed by atoms with Crippen molar-refractivity contribution < 1.29 is 9.47 Å². The highest BCUT2D eigenvalue weighted by Gasteiger charge is 2.30. The molecule has 2 nitrogen and oxygen atoms in total. The second-order valence-corrected chi connectivity index (χ2v) is 16.8. The normalized spacial score (nSPS) is 14.4. The van der Waals surface area contributed by atoms with Crippen LogP contribution >= 0.6 is 0 Å². The molecule has 1 radical (unpaired) electrons. The van der Waals surface area contributed by atoms with Gasteiger partial charge in [0.05, 0.1) is 14.2 Å². The Balaban J connectivity index is 2.22. The zero-order chi connectivity index (χ0) is 32.9. The van der Waals surface area contributed by atoms with E-state index in [0.29, 0.717) is 0 Å². The smallest absolute Gasteiger partial charge is 0.126 e. The molecule has 0 heterocycles. The van der Waals surface area contributed by atoms with E-state index in [1.165, 1.54) is 50.1 Å². The fourth-order valence-electron chi connectivity index (χ4n) is 6.07. The standard InChI is InChI=1S/C41H59O2/c1-25-18-28(26(2)30-21-32(38(4,5)6)36(42-16)33(22-30)39(7,8)9)20-29(19-25)27(3)31-23-34(40(10,11)12)37(43-17)35(24-31)41(13,14)15/h18-19,21-24,26-27H,1-17H3/t26-,27-/m1/s1. The maximum atomic E-state index is 6.06. The summed E-state index contributed by atoms with van der Waals surface area (Å²) in [6.45, 7) is 34.2. The van der Waals surface area contributed by atoms with E-state index >= 15 is 0 Å². The molecule has 3 aromatic carbocycles. The maximum Gasteiger partial charge on any atom is 0.126 e. The first-order chi connectivity index (χ1) is 19.5. The minimum absolute atomic E-state index is 0.0407. The molecule has 0 aromatic heterocycles. The number of benzene rings is 3. The Hall–Kier alpha value is -2.74. The molecule has 0 spiro atoms. The van der Waals surface area contributed by atoms with Crippen LogP contribution in [0.2, 0.25) is 0 Å². The molecule has 235 valence electrons. The third-order valence-electron chi connectivity index (χ3n) is 8.85. The van der Waals surface area contributed by atoms with Gasteiger partial charge in [-0.25, -0.2) is 0 Å². The van der Waals surface area contributed by atoms with Crippen LogP contribution in [0.1, 0.15) is 159 Å². The van der Waals surface area contributed by atoms with Crippen LogP contribution in [0.15, 0.2) is 36.4 Å². The molecule has 2 atom stereocenters. The molecule has 3 aromatic rings. The van der Waals surface area contributed by atoms with E-state index in [9.17, 15) is 0 Å². The van der Waals surface area contributed by atoms with Crippen molar-refractivity contribution in [3.8, 4) is 11.5 Å². The lowest BCUT2D eigenvalue weighted by atomic mass is 9.75. The fourth-order valence-corrected chi connectivity index (χ4v) is 6.07. The minimum Gasteiger partial charge on any atom is -0.496 e. The summed E-state index contributed by atoms with van der Waals surface area (Å²) >= 11 is 0. The lowest BCUT2D eigenvalue weighted by Crippen LogP contribution is -2.20. The zero-order valence-electron chi connectivity index (χ0n) is 30.4. The molecule has 0 bridgehead atoms. The molecule has 0 saturated carbocycles. The second-order valence-electron chi connectivity index (χ2n) is 16.8. The van der Waals surface area contributed by atoms with Crippen LogP contribution in [0.4, 0.5) is 0 Å². The van der Waals surface area contributed by atoms with Gasteiger partial charge in [0.15, 0.2) is 0 Å². The largest absolute Gasteiger partial charge is 0.496 e. The summed E-state index contributed by atoms with van der Waals surface area (Å²) in [5.41, 5.74) is 11.2. The molecule has 0 aliphatic rings. The molecule has 0 N–H and O–H groups in total. The predicted octanol–water partition coefficient (Wildman–Crippen LogP) is 11.3. The molecule has 43 heavy (non-hydrogen) atoms. The van der Waals surface area contributed by atoms with E-state index in [2.05, 4.69) is 146 Å². The van der Waals surface area contributed by atoms with Crippen LogP contribution in [0.25, 0.3) is 0 Å².